The maximum Gasteiger partial charge on any atom is 0.299 e. The van der Waals surface area contributed by atoms with Crippen molar-refractivity contribution >= 4 is 29.0 Å². The number of Topliss-reactive ketones (excluding diaryl/α,β-unsaturated/α-hetero) is 1. The first kappa shape index (κ1) is 14.0. The third-order valence-corrected chi connectivity index (χ3v) is 3.50. The second-order valence-corrected chi connectivity index (χ2v) is 5.20. The van der Waals surface area contributed by atoms with Crippen LogP contribution in [0.1, 0.15) is 24.2 Å². The van der Waals surface area contributed by atoms with Gasteiger partial charge in [-0.3, -0.25) is 9.59 Å². The van der Waals surface area contributed by atoms with Crippen LogP contribution in [-0.2, 0) is 4.79 Å². The molecule has 0 aromatic heterocycles. The van der Waals surface area contributed by atoms with Crippen LogP contribution in [0.25, 0.3) is 0 Å². The monoisotopic (exact) mass is 280 g/mol. The van der Waals surface area contributed by atoms with Crippen LogP contribution in [0.2, 0.25) is 5.02 Å². The molecule has 102 valence electrons. The van der Waals surface area contributed by atoms with Gasteiger partial charge in [-0.15, -0.1) is 0 Å². The fraction of sp³-hybridized carbons (Fsp3) is 0.429. The van der Waals surface area contributed by atoms with Crippen molar-refractivity contribution in [2.75, 3.05) is 24.5 Å². The van der Waals surface area contributed by atoms with E-state index in [-0.39, 0.29) is 5.92 Å². The second-order valence-electron chi connectivity index (χ2n) is 4.79. The summed E-state index contributed by atoms with van der Waals surface area (Å²) in [6.07, 6.45) is 0. The zero-order valence-electron chi connectivity index (χ0n) is 11.1. The molecule has 0 bridgehead atoms. The SMILES string of the molecule is CCNCC(C)CN1C(=O)C(=O)c2c(Cl)cccc21. The molecule has 1 heterocycles. The van der Waals surface area contributed by atoms with Crippen LogP contribution >= 0.6 is 11.6 Å². The number of anilines is 1. The fourth-order valence-corrected chi connectivity index (χ4v) is 2.50. The molecule has 19 heavy (non-hydrogen) atoms. The van der Waals surface area contributed by atoms with Crippen molar-refractivity contribution < 1.29 is 9.59 Å². The van der Waals surface area contributed by atoms with Crippen molar-refractivity contribution in [1.82, 2.24) is 5.32 Å². The van der Waals surface area contributed by atoms with Crippen LogP contribution in [0.15, 0.2) is 18.2 Å². The molecule has 5 heteroatoms. The molecule has 1 atom stereocenters. The Bertz CT molecular complexity index is 516. The van der Waals surface area contributed by atoms with Gasteiger partial charge in [0.2, 0.25) is 0 Å². The molecule has 0 fully saturated rings. The third kappa shape index (κ3) is 2.65. The zero-order chi connectivity index (χ0) is 14.0. The molecule has 0 aliphatic carbocycles. The molecular weight excluding hydrogens is 264 g/mol. The van der Waals surface area contributed by atoms with Gasteiger partial charge >= 0.3 is 0 Å². The lowest BCUT2D eigenvalue weighted by atomic mass is 10.1. The molecule has 1 aliphatic heterocycles. The van der Waals surface area contributed by atoms with Crippen molar-refractivity contribution in [3.63, 3.8) is 0 Å². The molecule has 1 N–H and O–H groups in total. The number of amides is 1. The van der Waals surface area contributed by atoms with Gasteiger partial charge < -0.3 is 10.2 Å². The minimum Gasteiger partial charge on any atom is -0.317 e. The summed E-state index contributed by atoms with van der Waals surface area (Å²) in [7, 11) is 0. The molecule has 2 rings (SSSR count). The smallest absolute Gasteiger partial charge is 0.299 e. The number of hydrogen-bond acceptors (Lipinski definition) is 3. The van der Waals surface area contributed by atoms with Crippen LogP contribution < -0.4 is 10.2 Å². The predicted octanol–water partition coefficient (Wildman–Crippen LogP) is 2.11. The number of benzene rings is 1. The summed E-state index contributed by atoms with van der Waals surface area (Å²) >= 11 is 6.00. The summed E-state index contributed by atoms with van der Waals surface area (Å²) in [5, 5.41) is 3.58. The first-order valence-electron chi connectivity index (χ1n) is 6.41. The number of rotatable bonds is 5. The molecule has 1 aromatic carbocycles. The maximum atomic E-state index is 12.0. The van der Waals surface area contributed by atoms with E-state index in [9.17, 15) is 9.59 Å². The highest BCUT2D eigenvalue weighted by molar-refractivity contribution is 6.55. The molecule has 0 saturated carbocycles. The highest BCUT2D eigenvalue weighted by atomic mass is 35.5. The number of carbonyl (C=O) groups is 2. The maximum absolute atomic E-state index is 12.0. The van der Waals surface area contributed by atoms with Crippen LogP contribution in [0.5, 0.6) is 0 Å². The van der Waals surface area contributed by atoms with Crippen LogP contribution in [-0.4, -0.2) is 31.3 Å². The topological polar surface area (TPSA) is 49.4 Å². The molecule has 4 nitrogen and oxygen atoms in total. The van der Waals surface area contributed by atoms with Gasteiger partial charge in [0, 0.05) is 6.54 Å². The average Bonchev–Trinajstić information content (AvgIpc) is 2.63. The zero-order valence-corrected chi connectivity index (χ0v) is 11.8. The number of ketones is 1. The lowest BCUT2D eigenvalue weighted by Crippen LogP contribution is -2.36. The number of hydrogen-bond donors (Lipinski definition) is 1. The van der Waals surface area contributed by atoms with E-state index in [2.05, 4.69) is 5.32 Å². The predicted molar refractivity (Wildman–Crippen MR) is 75.8 cm³/mol. The van der Waals surface area contributed by atoms with Crippen molar-refractivity contribution in [3.05, 3.63) is 28.8 Å². The number of halogens is 1. The van der Waals surface area contributed by atoms with Gasteiger partial charge in [0.1, 0.15) is 0 Å². The Morgan fingerprint density at radius 1 is 1.37 bits per heavy atom. The van der Waals surface area contributed by atoms with Gasteiger partial charge in [-0.05, 0) is 31.1 Å². The number of carbonyl (C=O) groups excluding carboxylic acids is 2. The van der Waals surface area contributed by atoms with Crippen LogP contribution in [0.3, 0.4) is 0 Å². The van der Waals surface area contributed by atoms with Gasteiger partial charge in [-0.1, -0.05) is 31.5 Å². The van der Waals surface area contributed by atoms with E-state index in [1.807, 2.05) is 13.8 Å². The quantitative estimate of drug-likeness (QED) is 0.841. The minimum absolute atomic E-state index is 0.265. The van der Waals surface area contributed by atoms with E-state index in [4.69, 9.17) is 11.6 Å². The van der Waals surface area contributed by atoms with Crippen LogP contribution in [0, 0.1) is 5.92 Å². The van der Waals surface area contributed by atoms with E-state index in [1.54, 1.807) is 18.2 Å². The Kier molecular flexibility index (Phi) is 4.22. The Hall–Kier alpha value is -1.39. The number of fused-ring (bicyclic) bond motifs is 1. The van der Waals surface area contributed by atoms with Gasteiger partial charge in [0.25, 0.3) is 11.7 Å². The molecule has 0 radical (unpaired) electrons. The summed E-state index contributed by atoms with van der Waals surface area (Å²) in [6, 6.07) is 5.16. The fourth-order valence-electron chi connectivity index (χ4n) is 2.25. The van der Waals surface area contributed by atoms with Gasteiger partial charge in [-0.2, -0.15) is 0 Å². The van der Waals surface area contributed by atoms with Gasteiger partial charge in [-0.25, -0.2) is 0 Å². The van der Waals surface area contributed by atoms with Crippen molar-refractivity contribution in [1.29, 1.82) is 0 Å². The summed E-state index contributed by atoms with van der Waals surface area (Å²) in [6.45, 7) is 6.30. The van der Waals surface area contributed by atoms with Crippen LogP contribution in [0.4, 0.5) is 5.69 Å². The summed E-state index contributed by atoms with van der Waals surface area (Å²) < 4.78 is 0. The summed E-state index contributed by atoms with van der Waals surface area (Å²) in [4.78, 5) is 25.5. The minimum atomic E-state index is -0.503. The molecular formula is C14H17ClN2O2. The second kappa shape index (κ2) is 5.72. The Balaban J connectivity index is 2.22. The number of nitrogens with one attached hydrogen (secondary N) is 1. The van der Waals surface area contributed by atoms with E-state index in [0.29, 0.717) is 22.8 Å². The first-order chi connectivity index (χ1) is 9.06. The average molecular weight is 281 g/mol. The molecule has 1 amide bonds. The standard InChI is InChI=1S/C14H17ClN2O2/c1-3-16-7-9(2)8-17-11-6-4-5-10(15)12(11)13(18)14(17)19/h4-6,9,16H,3,7-8H2,1-2H3. The molecule has 0 saturated heterocycles. The first-order valence-corrected chi connectivity index (χ1v) is 6.79. The number of nitrogens with zero attached hydrogens (tertiary/aromatic N) is 1. The molecule has 1 aliphatic rings. The lowest BCUT2D eigenvalue weighted by molar-refractivity contribution is -0.114. The summed E-state index contributed by atoms with van der Waals surface area (Å²) in [5.41, 5.74) is 0.968. The lowest BCUT2D eigenvalue weighted by Gasteiger charge is -2.21. The Labute approximate surface area is 117 Å². The van der Waals surface area contributed by atoms with Gasteiger partial charge in [0.15, 0.2) is 0 Å². The molecule has 1 aromatic rings. The largest absolute Gasteiger partial charge is 0.317 e. The Morgan fingerprint density at radius 3 is 2.79 bits per heavy atom. The van der Waals surface area contributed by atoms with Gasteiger partial charge in [0.05, 0.1) is 16.3 Å². The molecule has 0 spiro atoms. The third-order valence-electron chi connectivity index (χ3n) is 3.19. The summed E-state index contributed by atoms with van der Waals surface area (Å²) in [5.74, 6) is -0.718. The van der Waals surface area contributed by atoms with Crippen molar-refractivity contribution in [3.8, 4) is 0 Å². The highest BCUT2D eigenvalue weighted by Crippen LogP contribution is 2.34. The Morgan fingerprint density at radius 2 is 2.11 bits per heavy atom. The van der Waals surface area contributed by atoms with E-state index >= 15 is 0 Å². The van der Waals surface area contributed by atoms with Crippen molar-refractivity contribution in [2.45, 2.75) is 13.8 Å². The van der Waals surface area contributed by atoms with E-state index in [0.717, 1.165) is 13.1 Å². The van der Waals surface area contributed by atoms with Crippen molar-refractivity contribution in [2.24, 2.45) is 5.92 Å². The molecule has 1 unspecified atom stereocenters. The van der Waals surface area contributed by atoms with E-state index in [1.165, 1.54) is 4.90 Å². The highest BCUT2D eigenvalue weighted by Gasteiger charge is 2.37. The van der Waals surface area contributed by atoms with E-state index < -0.39 is 11.7 Å². The normalized spacial score (nSPS) is 15.8.